The molecule has 2 atom stereocenters. The Kier molecular flexibility index (Phi) is 6.60. The van der Waals surface area contributed by atoms with E-state index in [9.17, 15) is 4.79 Å². The van der Waals surface area contributed by atoms with Gasteiger partial charge in [-0.2, -0.15) is 0 Å². The quantitative estimate of drug-likeness (QED) is 0.609. The van der Waals surface area contributed by atoms with Crippen molar-refractivity contribution in [1.82, 2.24) is 10.6 Å². The maximum Gasteiger partial charge on any atom is 0.237 e. The Hall–Kier alpha value is -0.610. The van der Waals surface area contributed by atoms with Crippen molar-refractivity contribution in [2.45, 2.75) is 53.1 Å². The van der Waals surface area contributed by atoms with Crippen LogP contribution >= 0.6 is 0 Å². The molecule has 0 bridgehead atoms. The number of carbonyl (C=O) groups excluding carboxylic acids is 1. The van der Waals surface area contributed by atoms with Crippen molar-refractivity contribution in [2.24, 2.45) is 5.41 Å². The number of nitrogens with one attached hydrogen (secondary N) is 2. The lowest BCUT2D eigenvalue weighted by atomic mass is 9.94. The van der Waals surface area contributed by atoms with Crippen molar-refractivity contribution in [2.75, 3.05) is 13.2 Å². The highest BCUT2D eigenvalue weighted by molar-refractivity contribution is 5.81. The van der Waals surface area contributed by atoms with Crippen molar-refractivity contribution in [1.29, 1.82) is 0 Å². The lowest BCUT2D eigenvalue weighted by Crippen LogP contribution is -2.48. The van der Waals surface area contributed by atoms with Crippen molar-refractivity contribution >= 4 is 5.91 Å². The molecule has 0 aliphatic carbocycles. The van der Waals surface area contributed by atoms with Gasteiger partial charge in [0.05, 0.1) is 6.04 Å². The van der Waals surface area contributed by atoms with Crippen molar-refractivity contribution in [3.05, 3.63) is 0 Å². The predicted molar refractivity (Wildman–Crippen MR) is 66.2 cm³/mol. The fourth-order valence-electron chi connectivity index (χ4n) is 1.05. The predicted octanol–water partition coefficient (Wildman–Crippen LogP) is 0.898. The van der Waals surface area contributed by atoms with E-state index in [4.69, 9.17) is 5.11 Å². The zero-order chi connectivity index (χ0) is 12.8. The second-order valence-corrected chi connectivity index (χ2v) is 5.24. The standard InChI is InChI=1S/C12H26N2O2/c1-6-9(2)14-11(16)10(3)13-7-12(4,5)8-15/h9-10,13,15H,6-8H2,1-5H3,(H,14,16). The van der Waals surface area contributed by atoms with Gasteiger partial charge < -0.3 is 15.7 Å². The first kappa shape index (κ1) is 15.4. The van der Waals surface area contributed by atoms with Gasteiger partial charge >= 0.3 is 0 Å². The van der Waals surface area contributed by atoms with E-state index in [0.29, 0.717) is 6.54 Å². The summed E-state index contributed by atoms with van der Waals surface area (Å²) in [5.41, 5.74) is -0.190. The Morgan fingerprint density at radius 1 is 1.38 bits per heavy atom. The maximum absolute atomic E-state index is 11.7. The van der Waals surface area contributed by atoms with Gasteiger partial charge in [-0.25, -0.2) is 0 Å². The van der Waals surface area contributed by atoms with E-state index in [-0.39, 0.29) is 30.0 Å². The third-order valence-corrected chi connectivity index (χ3v) is 2.71. The molecule has 4 heteroatoms. The van der Waals surface area contributed by atoms with E-state index in [1.807, 2.05) is 34.6 Å². The summed E-state index contributed by atoms with van der Waals surface area (Å²) < 4.78 is 0. The molecule has 0 fully saturated rings. The SMILES string of the molecule is CCC(C)NC(=O)C(C)NCC(C)(C)CO. The molecule has 0 aromatic heterocycles. The Morgan fingerprint density at radius 3 is 2.38 bits per heavy atom. The minimum Gasteiger partial charge on any atom is -0.396 e. The van der Waals surface area contributed by atoms with Crippen LogP contribution in [0.5, 0.6) is 0 Å². The van der Waals surface area contributed by atoms with Gasteiger partial charge in [-0.3, -0.25) is 4.79 Å². The van der Waals surface area contributed by atoms with Crippen molar-refractivity contribution in [3.63, 3.8) is 0 Å². The number of amides is 1. The molecule has 2 unspecified atom stereocenters. The Bertz CT molecular complexity index is 217. The van der Waals surface area contributed by atoms with Crippen molar-refractivity contribution in [3.8, 4) is 0 Å². The van der Waals surface area contributed by atoms with E-state index in [1.165, 1.54) is 0 Å². The Morgan fingerprint density at radius 2 is 1.94 bits per heavy atom. The molecule has 0 saturated heterocycles. The van der Waals surface area contributed by atoms with Crippen LogP contribution in [-0.4, -0.2) is 36.2 Å². The molecule has 4 nitrogen and oxygen atoms in total. The molecule has 0 aliphatic heterocycles. The molecule has 0 aliphatic rings. The molecular weight excluding hydrogens is 204 g/mol. The zero-order valence-corrected chi connectivity index (χ0v) is 11.1. The first-order valence-corrected chi connectivity index (χ1v) is 5.97. The molecule has 0 saturated carbocycles. The number of hydrogen-bond acceptors (Lipinski definition) is 3. The third-order valence-electron chi connectivity index (χ3n) is 2.71. The minimum atomic E-state index is -0.222. The highest BCUT2D eigenvalue weighted by Gasteiger charge is 2.20. The van der Waals surface area contributed by atoms with Crippen LogP contribution in [0.4, 0.5) is 0 Å². The second kappa shape index (κ2) is 6.86. The molecule has 0 heterocycles. The summed E-state index contributed by atoms with van der Waals surface area (Å²) >= 11 is 0. The highest BCUT2D eigenvalue weighted by Crippen LogP contribution is 2.11. The van der Waals surface area contributed by atoms with Crippen LogP contribution < -0.4 is 10.6 Å². The molecule has 0 aromatic rings. The summed E-state index contributed by atoms with van der Waals surface area (Å²) in [4.78, 5) is 11.7. The smallest absolute Gasteiger partial charge is 0.237 e. The van der Waals surface area contributed by atoms with Crippen LogP contribution in [-0.2, 0) is 4.79 Å². The summed E-state index contributed by atoms with van der Waals surface area (Å²) in [5.74, 6) is 0.0167. The first-order valence-electron chi connectivity index (χ1n) is 5.97. The van der Waals surface area contributed by atoms with Crippen LogP contribution in [0.3, 0.4) is 0 Å². The molecule has 96 valence electrons. The molecule has 0 rings (SSSR count). The largest absolute Gasteiger partial charge is 0.396 e. The lowest BCUT2D eigenvalue weighted by molar-refractivity contribution is -0.123. The number of rotatable bonds is 7. The van der Waals surface area contributed by atoms with Crippen LogP contribution in [0.15, 0.2) is 0 Å². The van der Waals surface area contributed by atoms with Gasteiger partial charge in [-0.1, -0.05) is 20.8 Å². The molecule has 0 radical (unpaired) electrons. The van der Waals surface area contributed by atoms with Gasteiger partial charge in [-0.15, -0.1) is 0 Å². The van der Waals surface area contributed by atoms with E-state index >= 15 is 0 Å². The Balaban J connectivity index is 3.97. The van der Waals surface area contributed by atoms with E-state index in [0.717, 1.165) is 6.42 Å². The highest BCUT2D eigenvalue weighted by atomic mass is 16.3. The molecule has 0 aromatic carbocycles. The van der Waals surface area contributed by atoms with E-state index < -0.39 is 0 Å². The molecular formula is C12H26N2O2. The van der Waals surface area contributed by atoms with E-state index in [2.05, 4.69) is 10.6 Å². The summed E-state index contributed by atoms with van der Waals surface area (Å²) in [6, 6.07) is -0.0116. The number of aliphatic hydroxyl groups excluding tert-OH is 1. The van der Waals surface area contributed by atoms with Crippen LogP contribution in [0.1, 0.15) is 41.0 Å². The van der Waals surface area contributed by atoms with Crippen LogP contribution in [0.2, 0.25) is 0 Å². The first-order chi connectivity index (χ1) is 7.32. The maximum atomic E-state index is 11.7. The normalized spacial score (nSPS) is 15.6. The number of hydrogen-bond donors (Lipinski definition) is 3. The van der Waals surface area contributed by atoms with Crippen LogP contribution in [0, 0.1) is 5.41 Å². The Labute approximate surface area is 98.8 Å². The van der Waals surface area contributed by atoms with Gasteiger partial charge in [-0.05, 0) is 20.3 Å². The van der Waals surface area contributed by atoms with Gasteiger partial charge in [0.15, 0.2) is 0 Å². The monoisotopic (exact) mass is 230 g/mol. The summed E-state index contributed by atoms with van der Waals surface area (Å²) in [6.07, 6.45) is 0.931. The number of carbonyl (C=O) groups is 1. The van der Waals surface area contributed by atoms with E-state index in [1.54, 1.807) is 0 Å². The van der Waals surface area contributed by atoms with Crippen LogP contribution in [0.25, 0.3) is 0 Å². The fraction of sp³-hybridized carbons (Fsp3) is 0.917. The second-order valence-electron chi connectivity index (χ2n) is 5.24. The van der Waals surface area contributed by atoms with Gasteiger partial charge in [0.2, 0.25) is 5.91 Å². The fourth-order valence-corrected chi connectivity index (χ4v) is 1.05. The molecule has 1 amide bonds. The lowest BCUT2D eigenvalue weighted by Gasteiger charge is -2.25. The summed E-state index contributed by atoms with van der Waals surface area (Å²) in [7, 11) is 0. The third kappa shape index (κ3) is 6.08. The molecule has 3 N–H and O–H groups in total. The summed E-state index contributed by atoms with van der Waals surface area (Å²) in [6.45, 7) is 10.5. The molecule has 0 spiro atoms. The number of aliphatic hydroxyl groups is 1. The van der Waals surface area contributed by atoms with Gasteiger partial charge in [0.1, 0.15) is 0 Å². The topological polar surface area (TPSA) is 61.4 Å². The van der Waals surface area contributed by atoms with Gasteiger partial charge in [0, 0.05) is 24.6 Å². The van der Waals surface area contributed by atoms with Crippen molar-refractivity contribution < 1.29 is 9.90 Å². The summed E-state index contributed by atoms with van der Waals surface area (Å²) in [5, 5.41) is 15.1. The average molecular weight is 230 g/mol. The minimum absolute atomic E-state index is 0.0167. The zero-order valence-electron chi connectivity index (χ0n) is 11.1. The molecule has 16 heavy (non-hydrogen) atoms. The average Bonchev–Trinajstić information content (AvgIpc) is 2.25. The van der Waals surface area contributed by atoms with Gasteiger partial charge in [0.25, 0.3) is 0 Å².